The van der Waals surface area contributed by atoms with Gasteiger partial charge in [0.2, 0.25) is 0 Å². The van der Waals surface area contributed by atoms with Gasteiger partial charge < -0.3 is 10.5 Å². The molecular formula is C21H22N4O2S. The van der Waals surface area contributed by atoms with Gasteiger partial charge in [-0.25, -0.2) is 10.4 Å². The summed E-state index contributed by atoms with van der Waals surface area (Å²) in [5.41, 5.74) is 12.0. The van der Waals surface area contributed by atoms with Crippen molar-refractivity contribution in [2.45, 2.75) is 26.9 Å². The SMILES string of the molecule is CCc1nc(N)sc1C(=O)NN=Cc1cccc(OCc2ccc(C)cc2)c1. The maximum Gasteiger partial charge on any atom is 0.283 e. The van der Waals surface area contributed by atoms with E-state index in [4.69, 9.17) is 10.5 Å². The molecule has 2 aromatic carbocycles. The van der Waals surface area contributed by atoms with Gasteiger partial charge in [-0.15, -0.1) is 0 Å². The maximum atomic E-state index is 12.2. The number of rotatable bonds is 7. The first kappa shape index (κ1) is 19.6. The fourth-order valence-electron chi connectivity index (χ4n) is 2.54. The summed E-state index contributed by atoms with van der Waals surface area (Å²) in [6.45, 7) is 4.47. The molecule has 0 aliphatic carbocycles. The van der Waals surface area contributed by atoms with Crippen molar-refractivity contribution in [2.75, 3.05) is 5.73 Å². The van der Waals surface area contributed by atoms with Crippen LogP contribution in [0, 0.1) is 6.92 Å². The zero-order chi connectivity index (χ0) is 19.9. The molecule has 0 unspecified atom stereocenters. The molecule has 0 aliphatic heterocycles. The van der Waals surface area contributed by atoms with Gasteiger partial charge in [-0.2, -0.15) is 5.10 Å². The molecule has 3 rings (SSSR count). The number of hydrogen-bond acceptors (Lipinski definition) is 6. The van der Waals surface area contributed by atoms with E-state index in [2.05, 4.69) is 34.6 Å². The second-order valence-electron chi connectivity index (χ2n) is 6.23. The minimum atomic E-state index is -0.311. The van der Waals surface area contributed by atoms with Crippen LogP contribution in [0.3, 0.4) is 0 Å². The Morgan fingerprint density at radius 3 is 2.82 bits per heavy atom. The third kappa shape index (κ3) is 5.17. The van der Waals surface area contributed by atoms with Gasteiger partial charge in [-0.05, 0) is 36.6 Å². The van der Waals surface area contributed by atoms with Crippen molar-refractivity contribution in [1.29, 1.82) is 0 Å². The lowest BCUT2D eigenvalue weighted by Gasteiger charge is -2.07. The van der Waals surface area contributed by atoms with E-state index >= 15 is 0 Å². The van der Waals surface area contributed by atoms with Crippen LogP contribution < -0.4 is 15.9 Å². The summed E-state index contributed by atoms with van der Waals surface area (Å²) in [6.07, 6.45) is 2.22. The van der Waals surface area contributed by atoms with Crippen molar-refractivity contribution in [1.82, 2.24) is 10.4 Å². The van der Waals surface area contributed by atoms with Gasteiger partial charge >= 0.3 is 0 Å². The Bertz CT molecular complexity index is 980. The number of thiazole rings is 1. The summed E-state index contributed by atoms with van der Waals surface area (Å²) < 4.78 is 5.83. The van der Waals surface area contributed by atoms with Crippen molar-refractivity contribution in [3.8, 4) is 5.75 Å². The van der Waals surface area contributed by atoms with Gasteiger partial charge in [0.25, 0.3) is 5.91 Å². The van der Waals surface area contributed by atoms with E-state index < -0.39 is 0 Å². The highest BCUT2D eigenvalue weighted by molar-refractivity contribution is 7.17. The molecule has 0 radical (unpaired) electrons. The Labute approximate surface area is 168 Å². The van der Waals surface area contributed by atoms with Crippen LogP contribution in [0.5, 0.6) is 5.75 Å². The number of nitrogens with two attached hydrogens (primary N) is 1. The molecule has 0 aliphatic rings. The predicted molar refractivity (Wildman–Crippen MR) is 113 cm³/mol. The van der Waals surface area contributed by atoms with Crippen LogP contribution in [-0.2, 0) is 13.0 Å². The summed E-state index contributed by atoms with van der Waals surface area (Å²) >= 11 is 1.16. The number of nitrogens with one attached hydrogen (secondary N) is 1. The first-order valence-corrected chi connectivity index (χ1v) is 9.73. The number of aromatic nitrogens is 1. The molecule has 0 fully saturated rings. The number of benzene rings is 2. The molecule has 144 valence electrons. The highest BCUT2D eigenvalue weighted by Crippen LogP contribution is 2.20. The molecule has 1 amide bonds. The largest absolute Gasteiger partial charge is 0.489 e. The molecule has 0 spiro atoms. The molecule has 1 heterocycles. The van der Waals surface area contributed by atoms with Gasteiger partial charge in [0.15, 0.2) is 5.13 Å². The Morgan fingerprint density at radius 2 is 2.07 bits per heavy atom. The van der Waals surface area contributed by atoms with Crippen LogP contribution in [0.15, 0.2) is 53.6 Å². The quantitative estimate of drug-likeness (QED) is 0.469. The molecule has 7 heteroatoms. The topological polar surface area (TPSA) is 89.6 Å². The number of aryl methyl sites for hydroxylation is 2. The zero-order valence-electron chi connectivity index (χ0n) is 15.8. The Hall–Kier alpha value is -3.19. The normalized spacial score (nSPS) is 10.9. The predicted octanol–water partition coefficient (Wildman–Crippen LogP) is 3.94. The minimum Gasteiger partial charge on any atom is -0.489 e. The van der Waals surface area contributed by atoms with Crippen molar-refractivity contribution < 1.29 is 9.53 Å². The fraction of sp³-hybridized carbons (Fsp3) is 0.190. The average molecular weight is 395 g/mol. The molecule has 3 aromatic rings. The Morgan fingerprint density at radius 1 is 1.29 bits per heavy atom. The second kappa shape index (κ2) is 9.14. The number of anilines is 1. The van der Waals surface area contributed by atoms with Gasteiger partial charge in [0.1, 0.15) is 17.2 Å². The Balaban J connectivity index is 1.59. The van der Waals surface area contributed by atoms with Crippen molar-refractivity contribution >= 4 is 28.6 Å². The molecule has 0 atom stereocenters. The van der Waals surface area contributed by atoms with E-state index in [1.807, 2.05) is 43.3 Å². The fourth-order valence-corrected chi connectivity index (χ4v) is 3.35. The highest BCUT2D eigenvalue weighted by Gasteiger charge is 2.15. The number of carbonyl (C=O) groups excluding carboxylic acids is 1. The molecule has 6 nitrogen and oxygen atoms in total. The molecule has 0 saturated heterocycles. The number of nitrogens with zero attached hydrogens (tertiary/aromatic N) is 2. The summed E-state index contributed by atoms with van der Waals surface area (Å²) in [4.78, 5) is 16.9. The van der Waals surface area contributed by atoms with Crippen molar-refractivity contribution in [2.24, 2.45) is 5.10 Å². The summed E-state index contributed by atoms with van der Waals surface area (Å²) in [5, 5.41) is 4.41. The van der Waals surface area contributed by atoms with E-state index in [0.717, 1.165) is 28.2 Å². The van der Waals surface area contributed by atoms with Crippen LogP contribution in [0.25, 0.3) is 0 Å². The first-order valence-electron chi connectivity index (χ1n) is 8.92. The number of amides is 1. The van der Waals surface area contributed by atoms with Crippen LogP contribution in [0.1, 0.15) is 39.0 Å². The van der Waals surface area contributed by atoms with Crippen molar-refractivity contribution in [3.05, 3.63) is 75.8 Å². The van der Waals surface area contributed by atoms with Crippen LogP contribution in [0.2, 0.25) is 0 Å². The van der Waals surface area contributed by atoms with E-state index in [-0.39, 0.29) is 5.91 Å². The van der Waals surface area contributed by atoms with E-state index in [1.165, 1.54) is 5.56 Å². The summed E-state index contributed by atoms with van der Waals surface area (Å²) in [7, 11) is 0. The second-order valence-corrected chi connectivity index (χ2v) is 7.26. The molecule has 0 bridgehead atoms. The molecule has 0 saturated carbocycles. The lowest BCUT2D eigenvalue weighted by atomic mass is 10.2. The average Bonchev–Trinajstić information content (AvgIpc) is 3.09. The smallest absolute Gasteiger partial charge is 0.283 e. The molecular weight excluding hydrogens is 372 g/mol. The van der Waals surface area contributed by atoms with Gasteiger partial charge in [0, 0.05) is 0 Å². The number of hydrogen-bond donors (Lipinski definition) is 2. The van der Waals surface area contributed by atoms with Crippen LogP contribution in [0.4, 0.5) is 5.13 Å². The molecule has 1 aromatic heterocycles. The van der Waals surface area contributed by atoms with Crippen molar-refractivity contribution in [3.63, 3.8) is 0 Å². The van der Waals surface area contributed by atoms with E-state index in [9.17, 15) is 4.79 Å². The lowest BCUT2D eigenvalue weighted by molar-refractivity contribution is 0.0958. The Kier molecular flexibility index (Phi) is 6.39. The summed E-state index contributed by atoms with van der Waals surface area (Å²) in [6, 6.07) is 15.7. The highest BCUT2D eigenvalue weighted by atomic mass is 32.1. The number of hydrazone groups is 1. The first-order chi connectivity index (χ1) is 13.5. The number of nitrogen functional groups attached to an aromatic ring is 1. The molecule has 28 heavy (non-hydrogen) atoms. The monoisotopic (exact) mass is 394 g/mol. The van der Waals surface area contributed by atoms with Gasteiger partial charge in [-0.3, -0.25) is 4.79 Å². The minimum absolute atomic E-state index is 0.311. The van der Waals surface area contributed by atoms with Crippen LogP contribution in [-0.4, -0.2) is 17.1 Å². The zero-order valence-corrected chi connectivity index (χ0v) is 16.6. The third-order valence-electron chi connectivity index (χ3n) is 4.02. The van der Waals surface area contributed by atoms with E-state index in [0.29, 0.717) is 28.7 Å². The van der Waals surface area contributed by atoms with E-state index in [1.54, 1.807) is 6.21 Å². The lowest BCUT2D eigenvalue weighted by Crippen LogP contribution is -2.17. The van der Waals surface area contributed by atoms with Crippen LogP contribution >= 0.6 is 11.3 Å². The number of carbonyl (C=O) groups is 1. The maximum absolute atomic E-state index is 12.2. The number of ether oxygens (including phenoxy) is 1. The van der Waals surface area contributed by atoms with Gasteiger partial charge in [0.05, 0.1) is 11.9 Å². The standard InChI is InChI=1S/C21H22N4O2S/c1-3-18-19(28-21(22)24-18)20(26)25-23-12-16-5-4-6-17(11-16)27-13-15-9-7-14(2)8-10-15/h4-12H,3,13H2,1-2H3,(H2,22,24)(H,25,26). The molecule has 3 N–H and O–H groups in total. The van der Waals surface area contributed by atoms with Gasteiger partial charge in [-0.1, -0.05) is 60.2 Å². The summed E-state index contributed by atoms with van der Waals surface area (Å²) in [5.74, 6) is 0.424. The third-order valence-corrected chi connectivity index (χ3v) is 4.94.